The van der Waals surface area contributed by atoms with E-state index in [1.165, 1.54) is 10.1 Å². The van der Waals surface area contributed by atoms with Gasteiger partial charge in [-0.1, -0.05) is 0 Å². The van der Waals surface area contributed by atoms with Gasteiger partial charge in [0.05, 0.1) is 7.44 Å². The van der Waals surface area contributed by atoms with Gasteiger partial charge in [-0.2, -0.15) is 0 Å². The third-order valence-corrected chi connectivity index (χ3v) is 0. The largest absolute Gasteiger partial charge is 0.0852 e. The van der Waals surface area contributed by atoms with Crippen LogP contribution in [0.1, 0.15) is 0 Å². The summed E-state index contributed by atoms with van der Waals surface area (Å²) in [6.07, 6.45) is 0. The van der Waals surface area contributed by atoms with Gasteiger partial charge in [0.1, 0.15) is 0 Å². The van der Waals surface area contributed by atoms with Gasteiger partial charge in [0.15, 0.2) is 0 Å². The van der Waals surface area contributed by atoms with Gasteiger partial charge in [0.25, 0.3) is 0 Å². The van der Waals surface area contributed by atoms with E-state index in [1.807, 2.05) is 0 Å². The first kappa shape index (κ1) is 17.5. The van der Waals surface area contributed by atoms with Gasteiger partial charge in [-0.3, -0.25) is 0 Å². The zero-order valence-corrected chi connectivity index (χ0v) is 8.49. The smallest absolute Gasteiger partial charge is 0.0304 e. The fourth-order valence-electron chi connectivity index (χ4n) is 0. The maximum absolute atomic E-state index is 2.14. The average molecular weight is 188 g/mol. The molecular weight excluding hydrogens is 183 g/mol. The molecule has 0 aromatic carbocycles. The molecule has 2 radical (unpaired) electrons. The van der Waals surface area contributed by atoms with Crippen LogP contribution >= 0.6 is 0 Å². The molecule has 0 aromatic heterocycles. The summed E-state index contributed by atoms with van der Waals surface area (Å²) in [5, 5.41) is 0. The van der Waals surface area contributed by atoms with Crippen molar-refractivity contribution in [1.29, 1.82) is 0 Å². The van der Waals surface area contributed by atoms with E-state index in [1.54, 1.807) is 0 Å². The molecule has 0 aliphatic heterocycles. The molecule has 0 N–H and O–H groups in total. The predicted octanol–water partition coefficient (Wildman–Crippen LogP) is -2.11. The van der Waals surface area contributed by atoms with Crippen LogP contribution in [0.4, 0.5) is 0 Å². The van der Waals surface area contributed by atoms with E-state index in [9.17, 15) is 0 Å². The standard InChI is InChI=1S/BH5Si.Nb.V/c1-2;;/h1H2,2H3;;. The zero-order chi connectivity index (χ0) is 2.00. The Kier molecular flexibility index (Phi) is 102. The van der Waals surface area contributed by atoms with Crippen molar-refractivity contribution in [2.75, 3.05) is 0 Å². The van der Waals surface area contributed by atoms with Gasteiger partial charge in [0.2, 0.25) is 0 Å². The van der Waals surface area contributed by atoms with Crippen molar-refractivity contribution in [1.82, 2.24) is 0 Å². The van der Waals surface area contributed by atoms with Crippen molar-refractivity contribution < 1.29 is 40.9 Å². The van der Waals surface area contributed by atoms with Crippen LogP contribution in [0.25, 0.3) is 0 Å². The molecule has 0 aromatic rings. The molecule has 0 rings (SSSR count). The van der Waals surface area contributed by atoms with Crippen molar-refractivity contribution in [3.63, 3.8) is 0 Å². The Morgan fingerprint density at radius 3 is 1.25 bits per heavy atom. The molecule has 0 aliphatic rings. The molecule has 0 saturated carbocycles. The Morgan fingerprint density at radius 2 is 1.25 bits per heavy atom. The van der Waals surface area contributed by atoms with Crippen molar-refractivity contribution >= 4 is 17.6 Å². The minimum Gasteiger partial charge on any atom is -0.0304 e. The second kappa shape index (κ2) is 23.2. The van der Waals surface area contributed by atoms with E-state index in [0.29, 0.717) is 0 Å². The molecule has 0 atom stereocenters. The Bertz CT molecular complexity index is 8.00. The molecule has 4 heteroatoms. The van der Waals surface area contributed by atoms with Crippen molar-refractivity contribution in [2.45, 2.75) is 0 Å². The van der Waals surface area contributed by atoms with Crippen molar-refractivity contribution in [3.8, 4) is 0 Å². The van der Waals surface area contributed by atoms with Gasteiger partial charge in [-0.25, -0.2) is 0 Å². The summed E-state index contributed by atoms with van der Waals surface area (Å²) in [6, 6.07) is 0. The zero-order valence-electron chi connectivity index (χ0n) is 2.89. The van der Waals surface area contributed by atoms with Gasteiger partial charge < -0.3 is 0 Å². The third kappa shape index (κ3) is 9.49. The Hall–Kier alpha value is 1.61. The van der Waals surface area contributed by atoms with Crippen molar-refractivity contribution in [3.05, 3.63) is 0 Å². The molecule has 0 bridgehead atoms. The van der Waals surface area contributed by atoms with Gasteiger partial charge in [-0.15, -0.1) is 0 Å². The average Bonchev–Trinajstić information content (AvgIpc) is 1.00. The first-order valence-electron chi connectivity index (χ1n) is 1.00. The second-order valence-corrected chi connectivity index (χ2v) is 0. The molecule has 0 heterocycles. The summed E-state index contributed by atoms with van der Waals surface area (Å²) in [4.78, 5) is 0. The molecule has 0 spiro atoms. The molecule has 0 aliphatic carbocycles. The van der Waals surface area contributed by atoms with Crippen LogP contribution in [0, 0.1) is 0 Å². The third-order valence-electron chi connectivity index (χ3n) is 0. The van der Waals surface area contributed by atoms with Gasteiger partial charge >= 0.3 is 0 Å². The first-order valence-corrected chi connectivity index (χ1v) is 3.00. The Morgan fingerprint density at radius 1 is 1.25 bits per heavy atom. The molecule has 4 heavy (non-hydrogen) atoms. The van der Waals surface area contributed by atoms with E-state index in [-0.39, 0.29) is 40.9 Å². The quantitative estimate of drug-likeness (QED) is 0.381. The van der Waals surface area contributed by atoms with E-state index < -0.39 is 0 Å². The molecular formula is H5BNbSiV. The first-order chi connectivity index (χ1) is 1.00. The van der Waals surface area contributed by atoms with E-state index in [2.05, 4.69) is 7.44 Å². The SMILES string of the molecule is B[SiH3].[Nb].[V]. The van der Waals surface area contributed by atoms with Crippen LogP contribution in [-0.4, -0.2) is 17.6 Å². The topological polar surface area (TPSA) is 0 Å². The molecule has 0 amide bonds. The van der Waals surface area contributed by atoms with Gasteiger partial charge in [-0.05, 0) is 10.1 Å². The van der Waals surface area contributed by atoms with E-state index in [0.717, 1.165) is 0 Å². The van der Waals surface area contributed by atoms with Crippen LogP contribution in [-0.2, 0) is 40.9 Å². The van der Waals surface area contributed by atoms with Crippen LogP contribution in [0.3, 0.4) is 0 Å². The maximum atomic E-state index is 2.14. The Balaban J connectivity index is -0.00000000500. The summed E-state index contributed by atoms with van der Waals surface area (Å²) in [6.45, 7) is 0. The van der Waals surface area contributed by atoms with Gasteiger partial charge in [0, 0.05) is 40.9 Å². The molecule has 22 valence electrons. The monoisotopic (exact) mass is 188 g/mol. The molecule has 0 fully saturated rings. The number of hydrogen-bond donors (Lipinski definition) is 0. The predicted molar refractivity (Wildman–Crippen MR) is 18.5 cm³/mol. The summed E-state index contributed by atoms with van der Waals surface area (Å²) < 4.78 is 0. The fraction of sp³-hybridized carbons (Fsp3) is 0. The normalized spacial score (nSPS) is 2.00. The number of hydrogen-bond acceptors (Lipinski definition) is 0. The number of rotatable bonds is 0. The fourth-order valence-corrected chi connectivity index (χ4v) is 0. The van der Waals surface area contributed by atoms with Crippen LogP contribution in [0.2, 0.25) is 0 Å². The summed E-state index contributed by atoms with van der Waals surface area (Å²) in [7, 11) is 3.44. The minimum atomic E-state index is 0. The summed E-state index contributed by atoms with van der Waals surface area (Å²) in [5.74, 6) is 0. The molecule has 0 unspecified atom stereocenters. The minimum absolute atomic E-state index is 0. The summed E-state index contributed by atoms with van der Waals surface area (Å²) >= 11 is 0. The maximum Gasteiger partial charge on any atom is 0.0852 e. The van der Waals surface area contributed by atoms with Crippen LogP contribution in [0.15, 0.2) is 0 Å². The van der Waals surface area contributed by atoms with E-state index in [4.69, 9.17) is 0 Å². The molecule has 0 saturated heterocycles. The van der Waals surface area contributed by atoms with Crippen LogP contribution in [0.5, 0.6) is 0 Å². The van der Waals surface area contributed by atoms with Crippen LogP contribution < -0.4 is 0 Å². The summed E-state index contributed by atoms with van der Waals surface area (Å²) in [5.41, 5.74) is 0. The Labute approximate surface area is 58.3 Å². The van der Waals surface area contributed by atoms with E-state index >= 15 is 0 Å². The van der Waals surface area contributed by atoms with Crippen molar-refractivity contribution in [2.24, 2.45) is 0 Å². The second-order valence-electron chi connectivity index (χ2n) is 0. The molecule has 0 nitrogen and oxygen atoms in total.